The fourth-order valence-corrected chi connectivity index (χ4v) is 9.53. The predicted molar refractivity (Wildman–Crippen MR) is 318 cm³/mol. The van der Waals surface area contributed by atoms with E-state index in [0.717, 1.165) is 96.3 Å². The van der Waals surface area contributed by atoms with Crippen LogP contribution in [-0.2, 0) is 14.3 Å². The number of aliphatic hydroxyl groups excluding tert-OH is 5. The van der Waals surface area contributed by atoms with E-state index in [-0.39, 0.29) is 12.5 Å². The molecule has 0 aliphatic carbocycles. The summed E-state index contributed by atoms with van der Waals surface area (Å²) in [5.41, 5.74) is 0. The maximum absolute atomic E-state index is 13.1. The molecule has 0 aromatic rings. The average Bonchev–Trinajstić information content (AvgIpc) is 3.41. The highest BCUT2D eigenvalue weighted by Crippen LogP contribution is 2.23. The Morgan fingerprint density at radius 2 is 0.840 bits per heavy atom. The summed E-state index contributed by atoms with van der Waals surface area (Å²) in [6.07, 6.45) is 71.1. The fourth-order valence-electron chi connectivity index (χ4n) is 9.53. The van der Waals surface area contributed by atoms with Gasteiger partial charge in [-0.05, 0) is 83.5 Å². The maximum atomic E-state index is 13.1. The minimum Gasteiger partial charge on any atom is -0.394 e. The molecule has 1 heterocycles. The average molecular weight is 1050 g/mol. The van der Waals surface area contributed by atoms with E-state index in [1.165, 1.54) is 154 Å². The Balaban J connectivity index is 2.21. The molecule has 1 amide bonds. The number of hydrogen-bond donors (Lipinski definition) is 6. The van der Waals surface area contributed by atoms with Crippen LogP contribution in [0, 0.1) is 0 Å². The molecule has 1 aliphatic rings. The summed E-state index contributed by atoms with van der Waals surface area (Å²) in [5.74, 6) is -0.206. The van der Waals surface area contributed by atoms with Gasteiger partial charge in [-0.25, -0.2) is 0 Å². The van der Waals surface area contributed by atoms with Crippen LogP contribution in [0.2, 0.25) is 0 Å². The van der Waals surface area contributed by atoms with Gasteiger partial charge in [0.15, 0.2) is 6.29 Å². The zero-order valence-corrected chi connectivity index (χ0v) is 48.3. The quantitative estimate of drug-likeness (QED) is 0.0261. The highest BCUT2D eigenvalue weighted by Gasteiger charge is 2.44. The van der Waals surface area contributed by atoms with Crippen LogP contribution >= 0.6 is 0 Å². The highest BCUT2D eigenvalue weighted by molar-refractivity contribution is 5.76. The number of ether oxygens (including phenoxy) is 2. The van der Waals surface area contributed by atoms with E-state index in [4.69, 9.17) is 9.47 Å². The molecule has 7 unspecified atom stereocenters. The van der Waals surface area contributed by atoms with Gasteiger partial charge in [0.1, 0.15) is 24.4 Å². The van der Waals surface area contributed by atoms with E-state index >= 15 is 0 Å². The second-order valence-corrected chi connectivity index (χ2v) is 21.4. The SMILES string of the molecule is CC/C=C\C/C=C\C/C=C\C/C=C\CCCCCCCCC(=O)NC(COC1OC(CO)C(O)C(O)C1O)C(O)/C=C/CC/C=C/CC/C=C/CCCCCCCCCCCCCCCCCCCCCCCCC. The molecule has 7 atom stereocenters. The van der Waals surface area contributed by atoms with Crippen LogP contribution in [0.5, 0.6) is 0 Å². The van der Waals surface area contributed by atoms with Crippen molar-refractivity contribution in [2.75, 3.05) is 13.2 Å². The Labute approximate surface area is 461 Å². The lowest BCUT2D eigenvalue weighted by Gasteiger charge is -2.40. The van der Waals surface area contributed by atoms with Crippen molar-refractivity contribution in [1.82, 2.24) is 5.32 Å². The minimum atomic E-state index is -1.58. The van der Waals surface area contributed by atoms with E-state index in [2.05, 4.69) is 92.1 Å². The summed E-state index contributed by atoms with van der Waals surface area (Å²) in [6, 6.07) is -0.842. The summed E-state index contributed by atoms with van der Waals surface area (Å²) < 4.78 is 11.3. The van der Waals surface area contributed by atoms with Crippen LogP contribution in [0.3, 0.4) is 0 Å². The molecule has 0 spiro atoms. The van der Waals surface area contributed by atoms with Gasteiger partial charge in [0, 0.05) is 6.42 Å². The van der Waals surface area contributed by atoms with Crippen molar-refractivity contribution in [3.8, 4) is 0 Å². The number of rotatable bonds is 53. The van der Waals surface area contributed by atoms with Crippen molar-refractivity contribution >= 4 is 5.91 Å². The maximum Gasteiger partial charge on any atom is 0.220 e. The van der Waals surface area contributed by atoms with Crippen LogP contribution in [-0.4, -0.2) is 87.5 Å². The lowest BCUT2D eigenvalue weighted by atomic mass is 9.99. The van der Waals surface area contributed by atoms with E-state index < -0.39 is 49.5 Å². The molecule has 1 aliphatic heterocycles. The molecule has 9 heteroatoms. The van der Waals surface area contributed by atoms with Crippen molar-refractivity contribution in [2.45, 2.75) is 314 Å². The molecular formula is C66H117NO8. The van der Waals surface area contributed by atoms with Gasteiger partial charge in [0.2, 0.25) is 5.91 Å². The van der Waals surface area contributed by atoms with Crippen molar-refractivity contribution in [3.63, 3.8) is 0 Å². The number of hydrogen-bond acceptors (Lipinski definition) is 8. The Morgan fingerprint density at radius 1 is 0.467 bits per heavy atom. The van der Waals surface area contributed by atoms with Gasteiger partial charge >= 0.3 is 0 Å². The van der Waals surface area contributed by atoms with E-state index in [0.29, 0.717) is 6.42 Å². The summed E-state index contributed by atoms with van der Waals surface area (Å²) in [7, 11) is 0. The molecule has 1 saturated heterocycles. The first kappa shape index (κ1) is 70.4. The van der Waals surface area contributed by atoms with Crippen molar-refractivity contribution in [3.05, 3.63) is 85.1 Å². The zero-order valence-electron chi connectivity index (χ0n) is 48.3. The summed E-state index contributed by atoms with van der Waals surface area (Å²) in [4.78, 5) is 13.1. The van der Waals surface area contributed by atoms with Gasteiger partial charge in [-0.3, -0.25) is 4.79 Å². The summed E-state index contributed by atoms with van der Waals surface area (Å²) in [5, 5.41) is 54.5. The summed E-state index contributed by atoms with van der Waals surface area (Å²) >= 11 is 0. The van der Waals surface area contributed by atoms with Gasteiger partial charge in [0.05, 0.1) is 25.4 Å². The van der Waals surface area contributed by atoms with Crippen molar-refractivity contribution in [1.29, 1.82) is 0 Å². The number of unbranched alkanes of at least 4 members (excludes halogenated alkanes) is 31. The molecule has 0 aromatic heterocycles. The monoisotopic (exact) mass is 1050 g/mol. The van der Waals surface area contributed by atoms with Crippen molar-refractivity contribution in [2.24, 2.45) is 0 Å². The second-order valence-electron chi connectivity index (χ2n) is 21.4. The standard InChI is InChI=1S/C66H117NO8/c1-3-5-7-9-11-13-15-17-19-21-23-24-25-26-27-28-29-30-31-32-33-34-35-36-38-39-41-43-45-47-49-51-53-55-60(69)59(58-74-66-65(73)64(72)63(71)61(57-68)75-66)67-62(70)56-54-52-50-48-46-44-42-40-37-22-20-18-16-14-12-10-8-6-4-2/h6,8,12,14,18,20,37-40,45,47,53,55,59-61,63-66,68-69,71-73H,3-5,7,9-11,13,15-17,19,21-36,41-44,46,48-52,54,56-58H2,1-2H3,(H,67,70)/b8-6-,14-12-,20-18-,39-38+,40-37-,47-45+,55-53+. The Hall–Kier alpha value is -2.63. The minimum absolute atomic E-state index is 0.206. The van der Waals surface area contributed by atoms with Gasteiger partial charge in [-0.1, -0.05) is 266 Å². The van der Waals surface area contributed by atoms with Crippen LogP contribution in [0.4, 0.5) is 0 Å². The molecule has 0 aromatic carbocycles. The largest absolute Gasteiger partial charge is 0.394 e. The van der Waals surface area contributed by atoms with Gasteiger partial charge in [-0.15, -0.1) is 0 Å². The lowest BCUT2D eigenvalue weighted by molar-refractivity contribution is -0.302. The molecule has 75 heavy (non-hydrogen) atoms. The van der Waals surface area contributed by atoms with Gasteiger partial charge < -0.3 is 40.3 Å². The fraction of sp³-hybridized carbons (Fsp3) is 0.773. The van der Waals surface area contributed by atoms with Gasteiger partial charge in [-0.2, -0.15) is 0 Å². The Morgan fingerprint density at radius 3 is 1.28 bits per heavy atom. The smallest absolute Gasteiger partial charge is 0.220 e. The molecule has 1 fully saturated rings. The Kier molecular flexibility index (Phi) is 51.3. The molecule has 0 bridgehead atoms. The third kappa shape index (κ3) is 44.0. The summed E-state index contributed by atoms with van der Waals surface area (Å²) in [6.45, 7) is 3.65. The number of nitrogens with one attached hydrogen (secondary N) is 1. The van der Waals surface area contributed by atoms with Crippen LogP contribution in [0.1, 0.15) is 271 Å². The third-order valence-electron chi connectivity index (χ3n) is 14.4. The van der Waals surface area contributed by atoms with Crippen LogP contribution in [0.15, 0.2) is 85.1 Å². The number of allylic oxidation sites excluding steroid dienone is 13. The topological polar surface area (TPSA) is 149 Å². The van der Waals surface area contributed by atoms with Gasteiger partial charge in [0.25, 0.3) is 0 Å². The highest BCUT2D eigenvalue weighted by atomic mass is 16.7. The number of amides is 1. The van der Waals surface area contributed by atoms with E-state index in [1.54, 1.807) is 6.08 Å². The molecule has 6 N–H and O–H groups in total. The molecule has 434 valence electrons. The first-order chi connectivity index (χ1) is 36.8. The van der Waals surface area contributed by atoms with Crippen molar-refractivity contribution < 1.29 is 39.8 Å². The Bertz CT molecular complexity index is 1450. The van der Waals surface area contributed by atoms with Crippen LogP contribution in [0.25, 0.3) is 0 Å². The molecule has 1 rings (SSSR count). The number of aliphatic hydroxyl groups is 5. The zero-order chi connectivity index (χ0) is 54.3. The third-order valence-corrected chi connectivity index (χ3v) is 14.4. The first-order valence-corrected chi connectivity index (χ1v) is 31.3. The molecule has 0 saturated carbocycles. The normalized spacial score (nSPS) is 19.5. The lowest BCUT2D eigenvalue weighted by Crippen LogP contribution is -2.60. The number of carbonyl (C=O) groups is 1. The molecule has 9 nitrogen and oxygen atoms in total. The second kappa shape index (κ2) is 54.7. The van der Waals surface area contributed by atoms with E-state index in [9.17, 15) is 30.3 Å². The molecule has 0 radical (unpaired) electrons. The van der Waals surface area contributed by atoms with Crippen LogP contribution < -0.4 is 5.32 Å². The molecular weight excluding hydrogens is 935 g/mol. The predicted octanol–water partition coefficient (Wildman–Crippen LogP) is 16.2. The van der Waals surface area contributed by atoms with E-state index in [1.807, 2.05) is 6.08 Å². The number of carbonyl (C=O) groups excluding carboxylic acids is 1. The first-order valence-electron chi connectivity index (χ1n) is 31.3.